The van der Waals surface area contributed by atoms with Crippen LogP contribution in [0.1, 0.15) is 35.8 Å². The molecule has 0 fully saturated rings. The molecule has 0 spiro atoms. The number of benzene rings is 1. The Balaban J connectivity index is 1.75. The number of pyridine rings is 1. The molecule has 0 aliphatic heterocycles. The topological polar surface area (TPSA) is 59.8 Å². The molecule has 0 unspecified atom stereocenters. The van der Waals surface area contributed by atoms with Crippen molar-refractivity contribution in [2.24, 2.45) is 0 Å². The van der Waals surface area contributed by atoms with Crippen LogP contribution in [0.4, 0.5) is 4.39 Å². The molecule has 0 bridgehead atoms. The minimum absolute atomic E-state index is 0.0315. The highest BCUT2D eigenvalue weighted by atomic mass is 35.5. The van der Waals surface area contributed by atoms with Crippen molar-refractivity contribution in [1.29, 1.82) is 0 Å². The van der Waals surface area contributed by atoms with Crippen molar-refractivity contribution in [3.8, 4) is 0 Å². The van der Waals surface area contributed by atoms with E-state index in [4.69, 9.17) is 11.6 Å². The number of fused-ring (bicyclic) bond motifs is 1. The fourth-order valence-corrected chi connectivity index (χ4v) is 2.56. The molecule has 0 aliphatic rings. The molecule has 3 rings (SSSR count). The second-order valence-electron chi connectivity index (χ2n) is 5.74. The number of halogens is 2. The van der Waals surface area contributed by atoms with E-state index in [9.17, 15) is 9.18 Å². The zero-order valence-corrected chi connectivity index (χ0v) is 14.0. The van der Waals surface area contributed by atoms with Gasteiger partial charge in [0.2, 0.25) is 0 Å². The van der Waals surface area contributed by atoms with Crippen molar-refractivity contribution in [3.63, 3.8) is 0 Å². The van der Waals surface area contributed by atoms with Crippen molar-refractivity contribution in [2.75, 3.05) is 0 Å². The van der Waals surface area contributed by atoms with Crippen LogP contribution in [0.5, 0.6) is 0 Å². The first-order valence-corrected chi connectivity index (χ1v) is 7.88. The Labute approximate surface area is 143 Å². The number of carbonyl (C=O) groups excluding carboxylic acids is 1. The van der Waals surface area contributed by atoms with Gasteiger partial charge in [-0.1, -0.05) is 17.7 Å². The number of hydrogen-bond donors (Lipinski definition) is 1. The summed E-state index contributed by atoms with van der Waals surface area (Å²) >= 11 is 5.73. The van der Waals surface area contributed by atoms with Crippen LogP contribution in [0.2, 0.25) is 5.02 Å². The molecule has 0 saturated heterocycles. The molecule has 1 aromatic carbocycles. The van der Waals surface area contributed by atoms with Gasteiger partial charge in [0.1, 0.15) is 11.3 Å². The molecule has 5 nitrogen and oxygen atoms in total. The van der Waals surface area contributed by atoms with Gasteiger partial charge in [-0.05, 0) is 37.6 Å². The van der Waals surface area contributed by atoms with Crippen molar-refractivity contribution in [2.45, 2.75) is 26.4 Å². The lowest BCUT2D eigenvalue weighted by molar-refractivity contribution is 0.0950. The zero-order chi connectivity index (χ0) is 17.3. The van der Waals surface area contributed by atoms with E-state index in [-0.39, 0.29) is 23.5 Å². The van der Waals surface area contributed by atoms with Gasteiger partial charge in [-0.2, -0.15) is 0 Å². The van der Waals surface area contributed by atoms with Crippen LogP contribution in [0.15, 0.2) is 36.8 Å². The standard InChI is InChI=1S/C17H16ClFN4O/c1-10(2)23-9-22-15-6-12(8-20-16(15)23)17(24)21-7-11-3-4-14(19)13(18)5-11/h3-6,8-10H,7H2,1-2H3,(H,21,24). The molecule has 2 heterocycles. The molecule has 1 amide bonds. The van der Waals surface area contributed by atoms with Crippen LogP contribution in [0, 0.1) is 5.82 Å². The second-order valence-corrected chi connectivity index (χ2v) is 6.15. The third-order valence-corrected chi connectivity index (χ3v) is 3.96. The van der Waals surface area contributed by atoms with Gasteiger partial charge in [-0.25, -0.2) is 14.4 Å². The molecule has 0 saturated carbocycles. The predicted octanol–water partition coefficient (Wildman–Crippen LogP) is 3.73. The van der Waals surface area contributed by atoms with Crippen LogP contribution in [-0.4, -0.2) is 20.4 Å². The van der Waals surface area contributed by atoms with Gasteiger partial charge in [0, 0.05) is 18.8 Å². The Kier molecular flexibility index (Phi) is 4.49. The third-order valence-electron chi connectivity index (χ3n) is 3.67. The number of aromatic nitrogens is 3. The van der Waals surface area contributed by atoms with E-state index in [0.717, 1.165) is 5.65 Å². The maximum absolute atomic E-state index is 13.1. The number of rotatable bonds is 4. The fraction of sp³-hybridized carbons (Fsp3) is 0.235. The molecule has 7 heteroatoms. The highest BCUT2D eigenvalue weighted by molar-refractivity contribution is 6.30. The van der Waals surface area contributed by atoms with Crippen molar-refractivity contribution in [1.82, 2.24) is 19.9 Å². The molecular weight excluding hydrogens is 331 g/mol. The predicted molar refractivity (Wildman–Crippen MR) is 90.5 cm³/mol. The first-order chi connectivity index (χ1) is 11.5. The van der Waals surface area contributed by atoms with Gasteiger partial charge in [0.15, 0.2) is 5.65 Å². The molecule has 0 aliphatic carbocycles. The van der Waals surface area contributed by atoms with Gasteiger partial charge < -0.3 is 9.88 Å². The zero-order valence-electron chi connectivity index (χ0n) is 13.3. The lowest BCUT2D eigenvalue weighted by atomic mass is 10.2. The summed E-state index contributed by atoms with van der Waals surface area (Å²) in [6.45, 7) is 4.33. The van der Waals surface area contributed by atoms with E-state index in [0.29, 0.717) is 16.6 Å². The minimum atomic E-state index is -0.484. The molecule has 0 atom stereocenters. The summed E-state index contributed by atoms with van der Waals surface area (Å²) in [5, 5.41) is 2.79. The van der Waals surface area contributed by atoms with Crippen LogP contribution >= 0.6 is 11.6 Å². The number of imidazole rings is 1. The SMILES string of the molecule is CC(C)n1cnc2cc(C(=O)NCc3ccc(F)c(Cl)c3)cnc21. The second kappa shape index (κ2) is 6.57. The first-order valence-electron chi connectivity index (χ1n) is 7.50. The monoisotopic (exact) mass is 346 g/mol. The van der Waals surface area contributed by atoms with Crippen molar-refractivity contribution < 1.29 is 9.18 Å². The van der Waals surface area contributed by atoms with Gasteiger partial charge in [0.25, 0.3) is 5.91 Å². The van der Waals surface area contributed by atoms with Gasteiger partial charge in [-0.15, -0.1) is 0 Å². The van der Waals surface area contributed by atoms with Crippen LogP contribution in [-0.2, 0) is 6.54 Å². The van der Waals surface area contributed by atoms with Crippen LogP contribution in [0.3, 0.4) is 0 Å². The maximum atomic E-state index is 13.1. The Morgan fingerprint density at radius 1 is 1.33 bits per heavy atom. The highest BCUT2D eigenvalue weighted by Gasteiger charge is 2.12. The molecule has 1 N–H and O–H groups in total. The van der Waals surface area contributed by atoms with E-state index in [1.165, 1.54) is 18.3 Å². The fourth-order valence-electron chi connectivity index (χ4n) is 2.36. The van der Waals surface area contributed by atoms with Crippen LogP contribution < -0.4 is 5.32 Å². The van der Waals surface area contributed by atoms with Crippen molar-refractivity contribution in [3.05, 3.63) is 58.8 Å². The molecule has 2 aromatic heterocycles. The van der Waals surface area contributed by atoms with E-state index in [1.54, 1.807) is 18.5 Å². The Morgan fingerprint density at radius 3 is 2.83 bits per heavy atom. The smallest absolute Gasteiger partial charge is 0.253 e. The minimum Gasteiger partial charge on any atom is -0.348 e. The van der Waals surface area contributed by atoms with E-state index < -0.39 is 5.82 Å². The Morgan fingerprint density at radius 2 is 2.12 bits per heavy atom. The summed E-state index contributed by atoms with van der Waals surface area (Å²) < 4.78 is 15.1. The Hall–Kier alpha value is -2.47. The van der Waals surface area contributed by atoms with Gasteiger partial charge in [0.05, 0.1) is 16.9 Å². The average Bonchev–Trinajstić information content (AvgIpc) is 2.99. The summed E-state index contributed by atoms with van der Waals surface area (Å²) in [7, 11) is 0. The van der Waals surface area contributed by atoms with E-state index in [1.807, 2.05) is 18.4 Å². The largest absolute Gasteiger partial charge is 0.348 e. The molecule has 0 radical (unpaired) electrons. The number of nitrogens with one attached hydrogen (secondary N) is 1. The summed E-state index contributed by atoms with van der Waals surface area (Å²) in [6.07, 6.45) is 3.24. The normalized spacial score (nSPS) is 11.2. The number of nitrogens with zero attached hydrogens (tertiary/aromatic N) is 3. The van der Waals surface area contributed by atoms with E-state index in [2.05, 4.69) is 15.3 Å². The lowest BCUT2D eigenvalue weighted by Gasteiger charge is -2.08. The summed E-state index contributed by atoms with van der Waals surface area (Å²) in [5.74, 6) is -0.758. The maximum Gasteiger partial charge on any atom is 0.253 e. The van der Waals surface area contributed by atoms with Gasteiger partial charge in [-0.3, -0.25) is 4.79 Å². The average molecular weight is 347 g/mol. The molecular formula is C17H16ClFN4O. The number of carbonyl (C=O) groups is 1. The molecule has 124 valence electrons. The highest BCUT2D eigenvalue weighted by Crippen LogP contribution is 2.17. The first kappa shape index (κ1) is 16.4. The van der Waals surface area contributed by atoms with E-state index >= 15 is 0 Å². The summed E-state index contributed by atoms with van der Waals surface area (Å²) in [6, 6.07) is 6.28. The van der Waals surface area contributed by atoms with Crippen LogP contribution in [0.25, 0.3) is 11.2 Å². The lowest BCUT2D eigenvalue weighted by Crippen LogP contribution is -2.23. The summed E-state index contributed by atoms with van der Waals surface area (Å²) in [4.78, 5) is 20.9. The third kappa shape index (κ3) is 3.23. The quantitative estimate of drug-likeness (QED) is 0.783. The van der Waals surface area contributed by atoms with Crippen molar-refractivity contribution >= 4 is 28.7 Å². The summed E-state index contributed by atoms with van der Waals surface area (Å²) in [5.41, 5.74) is 2.55. The van der Waals surface area contributed by atoms with Gasteiger partial charge >= 0.3 is 0 Å². The number of hydrogen-bond acceptors (Lipinski definition) is 3. The number of amides is 1. The molecule has 3 aromatic rings. The molecule has 24 heavy (non-hydrogen) atoms. The Bertz CT molecular complexity index is 907.